The minimum Gasteiger partial charge on any atom is -0.485 e. The molecule has 1 aromatic heterocycles. The van der Waals surface area contributed by atoms with Crippen molar-refractivity contribution in [1.29, 1.82) is 0 Å². The third-order valence-corrected chi connectivity index (χ3v) is 3.49. The molecule has 7 nitrogen and oxygen atoms in total. The van der Waals surface area contributed by atoms with Gasteiger partial charge >= 0.3 is 0 Å². The maximum absolute atomic E-state index is 13.1. The molecule has 2 aromatic rings. The van der Waals surface area contributed by atoms with Gasteiger partial charge in [0.05, 0.1) is 13.0 Å². The van der Waals surface area contributed by atoms with E-state index in [2.05, 4.69) is 20.6 Å². The van der Waals surface area contributed by atoms with Gasteiger partial charge in [-0.05, 0) is 24.1 Å². The van der Waals surface area contributed by atoms with Crippen LogP contribution < -0.4 is 4.74 Å². The second-order valence-corrected chi connectivity index (χ2v) is 5.17. The Morgan fingerprint density at radius 2 is 2.41 bits per heavy atom. The average Bonchev–Trinajstić information content (AvgIpc) is 3.17. The summed E-state index contributed by atoms with van der Waals surface area (Å²) in [6.45, 7) is 0.893. The molecule has 8 heteroatoms. The molecule has 1 saturated heterocycles. The van der Waals surface area contributed by atoms with Gasteiger partial charge in [0.2, 0.25) is 11.7 Å². The minimum atomic E-state index is -0.895. The lowest BCUT2D eigenvalue weighted by atomic mass is 10.1. The van der Waals surface area contributed by atoms with E-state index in [-0.39, 0.29) is 25.5 Å². The standard InChI is InChI=1S/C14H16FN5O2/c15-11-4-5-20(8-11)14(21)7-10-2-1-3-12(6-10)22-9-13-16-18-19-17-13/h1-3,6,11H,4-5,7-9H2,(H,16,17,18,19)/t11-/m0/s1. The van der Waals surface area contributed by atoms with Crippen LogP contribution in [0.4, 0.5) is 4.39 Å². The van der Waals surface area contributed by atoms with E-state index in [1.807, 2.05) is 12.1 Å². The molecule has 0 aliphatic carbocycles. The van der Waals surface area contributed by atoms with Crippen LogP contribution in [0.3, 0.4) is 0 Å². The fourth-order valence-corrected chi connectivity index (χ4v) is 2.37. The number of carbonyl (C=O) groups excluding carboxylic acids is 1. The molecule has 1 atom stereocenters. The maximum atomic E-state index is 13.1. The highest BCUT2D eigenvalue weighted by Gasteiger charge is 2.25. The van der Waals surface area contributed by atoms with Gasteiger partial charge < -0.3 is 9.64 Å². The number of hydrogen-bond donors (Lipinski definition) is 1. The van der Waals surface area contributed by atoms with E-state index in [0.29, 0.717) is 24.5 Å². The third kappa shape index (κ3) is 3.57. The number of halogens is 1. The summed E-state index contributed by atoms with van der Waals surface area (Å²) in [6.07, 6.45) is -0.222. The topological polar surface area (TPSA) is 84.0 Å². The van der Waals surface area contributed by atoms with Gasteiger partial charge in [0, 0.05) is 6.54 Å². The smallest absolute Gasteiger partial charge is 0.227 e. The van der Waals surface area contributed by atoms with E-state index in [0.717, 1.165) is 5.56 Å². The summed E-state index contributed by atoms with van der Waals surface area (Å²) in [4.78, 5) is 13.7. The van der Waals surface area contributed by atoms with Crippen molar-refractivity contribution in [2.45, 2.75) is 25.6 Å². The molecule has 0 radical (unpaired) electrons. The number of nitrogens with zero attached hydrogens (tertiary/aromatic N) is 4. The molecule has 116 valence electrons. The monoisotopic (exact) mass is 305 g/mol. The lowest BCUT2D eigenvalue weighted by molar-refractivity contribution is -0.129. The van der Waals surface area contributed by atoms with Gasteiger partial charge in [-0.1, -0.05) is 17.3 Å². The van der Waals surface area contributed by atoms with Crippen molar-refractivity contribution in [2.24, 2.45) is 0 Å². The molecule has 1 N–H and O–H groups in total. The quantitative estimate of drug-likeness (QED) is 0.887. The van der Waals surface area contributed by atoms with Crippen LogP contribution in [-0.4, -0.2) is 50.7 Å². The van der Waals surface area contributed by atoms with Crippen molar-refractivity contribution in [1.82, 2.24) is 25.5 Å². The van der Waals surface area contributed by atoms with Crippen molar-refractivity contribution in [2.75, 3.05) is 13.1 Å². The molecule has 0 bridgehead atoms. The van der Waals surface area contributed by atoms with Crippen LogP contribution in [0.2, 0.25) is 0 Å². The number of carbonyl (C=O) groups is 1. The Labute approximate surface area is 126 Å². The van der Waals surface area contributed by atoms with Crippen LogP contribution in [-0.2, 0) is 17.8 Å². The summed E-state index contributed by atoms with van der Waals surface area (Å²) in [7, 11) is 0. The zero-order valence-electron chi connectivity index (χ0n) is 11.9. The van der Waals surface area contributed by atoms with Gasteiger partial charge in [-0.15, -0.1) is 10.2 Å². The number of ether oxygens (including phenoxy) is 1. The van der Waals surface area contributed by atoms with Gasteiger partial charge in [0.1, 0.15) is 11.9 Å². The zero-order chi connectivity index (χ0) is 15.4. The summed E-state index contributed by atoms with van der Waals surface area (Å²) >= 11 is 0. The molecule has 2 heterocycles. The number of aromatic amines is 1. The molecule has 1 aliphatic heterocycles. The first-order chi connectivity index (χ1) is 10.7. The molecule has 0 unspecified atom stereocenters. The molecular formula is C14H16FN5O2. The van der Waals surface area contributed by atoms with Crippen molar-refractivity contribution in [3.05, 3.63) is 35.7 Å². The third-order valence-electron chi connectivity index (χ3n) is 3.49. The normalized spacial score (nSPS) is 17.7. The predicted octanol–water partition coefficient (Wildman–Crippen LogP) is 0.892. The van der Waals surface area contributed by atoms with Crippen molar-refractivity contribution in [3.8, 4) is 5.75 Å². The second kappa shape index (κ2) is 6.50. The number of likely N-dealkylation sites (tertiary alicyclic amines) is 1. The van der Waals surface area contributed by atoms with Gasteiger partial charge in [-0.2, -0.15) is 5.21 Å². The van der Waals surface area contributed by atoms with Crippen LogP contribution in [0.15, 0.2) is 24.3 Å². The summed E-state index contributed by atoms with van der Waals surface area (Å²) in [5, 5.41) is 13.4. The highest BCUT2D eigenvalue weighted by atomic mass is 19.1. The number of rotatable bonds is 5. The molecule has 22 heavy (non-hydrogen) atoms. The van der Waals surface area contributed by atoms with Crippen molar-refractivity contribution < 1.29 is 13.9 Å². The van der Waals surface area contributed by atoms with Crippen LogP contribution in [0.1, 0.15) is 17.8 Å². The van der Waals surface area contributed by atoms with Crippen molar-refractivity contribution in [3.63, 3.8) is 0 Å². The fraction of sp³-hybridized carbons (Fsp3) is 0.429. The Hall–Kier alpha value is -2.51. The van der Waals surface area contributed by atoms with Crippen LogP contribution in [0.5, 0.6) is 5.75 Å². The van der Waals surface area contributed by atoms with E-state index < -0.39 is 6.17 Å². The molecule has 3 rings (SSSR count). The van der Waals surface area contributed by atoms with Gasteiger partial charge in [0.15, 0.2) is 6.61 Å². The average molecular weight is 305 g/mol. The van der Waals surface area contributed by atoms with Crippen LogP contribution >= 0.6 is 0 Å². The number of nitrogens with one attached hydrogen (secondary N) is 1. The van der Waals surface area contributed by atoms with Gasteiger partial charge in [-0.25, -0.2) is 4.39 Å². The first kappa shape index (κ1) is 14.4. The number of benzene rings is 1. The van der Waals surface area contributed by atoms with Gasteiger partial charge in [-0.3, -0.25) is 4.79 Å². The number of tetrazole rings is 1. The molecule has 0 saturated carbocycles. The summed E-state index contributed by atoms with van der Waals surface area (Å²) in [5.41, 5.74) is 0.831. The number of aromatic nitrogens is 4. The number of amides is 1. The molecule has 1 amide bonds. The second-order valence-electron chi connectivity index (χ2n) is 5.17. The molecule has 1 fully saturated rings. The van der Waals surface area contributed by atoms with E-state index >= 15 is 0 Å². The number of H-pyrrole nitrogens is 1. The van der Waals surface area contributed by atoms with Gasteiger partial charge in [0.25, 0.3) is 0 Å². The van der Waals surface area contributed by atoms with E-state index in [1.54, 1.807) is 17.0 Å². The lowest BCUT2D eigenvalue weighted by Crippen LogP contribution is -2.30. The van der Waals surface area contributed by atoms with Crippen LogP contribution in [0, 0.1) is 0 Å². The Morgan fingerprint density at radius 1 is 1.50 bits per heavy atom. The van der Waals surface area contributed by atoms with E-state index in [9.17, 15) is 9.18 Å². The highest BCUT2D eigenvalue weighted by molar-refractivity contribution is 5.79. The lowest BCUT2D eigenvalue weighted by Gasteiger charge is -2.15. The maximum Gasteiger partial charge on any atom is 0.227 e. The molecule has 0 spiro atoms. The summed E-state index contributed by atoms with van der Waals surface area (Å²) in [6, 6.07) is 7.25. The molecule has 1 aromatic carbocycles. The molecular weight excluding hydrogens is 289 g/mol. The number of hydrogen-bond acceptors (Lipinski definition) is 5. The fourth-order valence-electron chi connectivity index (χ4n) is 2.37. The zero-order valence-corrected chi connectivity index (χ0v) is 11.9. The SMILES string of the molecule is O=C(Cc1cccc(OCc2nn[nH]n2)c1)N1CC[C@H](F)C1. The first-order valence-corrected chi connectivity index (χ1v) is 7.06. The van der Waals surface area contributed by atoms with E-state index in [4.69, 9.17) is 4.74 Å². The minimum absolute atomic E-state index is 0.0598. The van der Waals surface area contributed by atoms with E-state index in [1.165, 1.54) is 0 Å². The van der Waals surface area contributed by atoms with Crippen LogP contribution in [0.25, 0.3) is 0 Å². The summed E-state index contributed by atoms with van der Waals surface area (Å²) in [5.74, 6) is 1.02. The van der Waals surface area contributed by atoms with Crippen molar-refractivity contribution >= 4 is 5.91 Å². The predicted molar refractivity (Wildman–Crippen MR) is 74.7 cm³/mol. The Balaban J connectivity index is 1.57. The molecule has 1 aliphatic rings. The summed E-state index contributed by atoms with van der Waals surface area (Å²) < 4.78 is 18.7. The Bertz CT molecular complexity index is 634. The highest BCUT2D eigenvalue weighted by Crippen LogP contribution is 2.17. The first-order valence-electron chi connectivity index (χ1n) is 7.06. The Kier molecular flexibility index (Phi) is 4.27. The largest absolute Gasteiger partial charge is 0.485 e. The Morgan fingerprint density at radius 3 is 3.14 bits per heavy atom. The number of alkyl halides is 1.